The van der Waals surface area contributed by atoms with E-state index >= 15 is 0 Å². The molecule has 0 aliphatic carbocycles. The minimum atomic E-state index is -1.13. The van der Waals surface area contributed by atoms with Crippen molar-refractivity contribution < 1.29 is 9.90 Å². The molecule has 186 valence electrons. The summed E-state index contributed by atoms with van der Waals surface area (Å²) in [6.45, 7) is 1.98. The van der Waals surface area contributed by atoms with Gasteiger partial charge in [0, 0.05) is 40.3 Å². The van der Waals surface area contributed by atoms with Crippen LogP contribution in [0.1, 0.15) is 25.2 Å². The van der Waals surface area contributed by atoms with E-state index in [0.717, 1.165) is 11.1 Å². The molecule has 12 heteroatoms. The molecule has 1 unspecified atom stereocenters. The fraction of sp³-hybridized carbons (Fsp3) is 0.120. The van der Waals surface area contributed by atoms with Gasteiger partial charge >= 0.3 is 6.09 Å². The van der Waals surface area contributed by atoms with Gasteiger partial charge < -0.3 is 14.7 Å². The fourth-order valence-corrected chi connectivity index (χ4v) is 4.32. The Kier molecular flexibility index (Phi) is 6.52. The predicted molar refractivity (Wildman–Crippen MR) is 138 cm³/mol. The van der Waals surface area contributed by atoms with E-state index in [4.69, 9.17) is 21.7 Å². The highest BCUT2D eigenvalue weighted by Gasteiger charge is 2.19. The Labute approximate surface area is 215 Å². The molecule has 3 N–H and O–H groups in total. The molecule has 1 amide bonds. The Morgan fingerprint density at radius 1 is 1.14 bits per heavy atom. The molecule has 0 spiro atoms. The van der Waals surface area contributed by atoms with Crippen molar-refractivity contribution in [3.63, 3.8) is 0 Å². The van der Waals surface area contributed by atoms with Crippen LogP contribution in [0.2, 0.25) is 5.02 Å². The molecular weight excluding hydrogens is 496 g/mol. The second-order valence-corrected chi connectivity index (χ2v) is 8.62. The zero-order valence-corrected chi connectivity index (χ0v) is 20.3. The van der Waals surface area contributed by atoms with Crippen LogP contribution in [0.25, 0.3) is 28.1 Å². The molecule has 0 aliphatic rings. The van der Waals surface area contributed by atoms with Gasteiger partial charge in [0.2, 0.25) is 0 Å². The van der Waals surface area contributed by atoms with E-state index in [1.54, 1.807) is 65.5 Å². The standard InChI is InChI=1S/C25H21ClN8O3/c1-2-21(24-27-13-20(30-24)15-3-6-18(7-4-15)29-25(36)37)33-10-9-16(11-23(33)35)19-12-17(26)5-8-22(19)34-14-28-31-32-34/h3-14,21,29H,2H2,1H3,(H,27,30)(H,36,37). The van der Waals surface area contributed by atoms with Gasteiger partial charge in [-0.05, 0) is 58.8 Å². The highest BCUT2D eigenvalue weighted by molar-refractivity contribution is 6.31. The number of carbonyl (C=O) groups is 1. The third-order valence-electron chi connectivity index (χ3n) is 5.88. The number of hydrogen-bond acceptors (Lipinski definition) is 6. The number of amides is 1. The number of carboxylic acid groups (broad SMARTS) is 1. The van der Waals surface area contributed by atoms with Gasteiger partial charge in [-0.3, -0.25) is 10.1 Å². The Balaban J connectivity index is 1.45. The van der Waals surface area contributed by atoms with Crippen LogP contribution in [-0.4, -0.2) is 45.9 Å². The van der Waals surface area contributed by atoms with Gasteiger partial charge in [-0.15, -0.1) is 5.10 Å². The number of aromatic amines is 1. The number of tetrazole rings is 1. The average Bonchev–Trinajstić information content (AvgIpc) is 3.59. The summed E-state index contributed by atoms with van der Waals surface area (Å²) in [5.74, 6) is 0.636. The summed E-state index contributed by atoms with van der Waals surface area (Å²) in [5.41, 5.74) is 3.86. The van der Waals surface area contributed by atoms with Crippen LogP contribution in [0.4, 0.5) is 10.5 Å². The largest absolute Gasteiger partial charge is 0.465 e. The van der Waals surface area contributed by atoms with E-state index < -0.39 is 6.09 Å². The quantitative estimate of drug-likeness (QED) is 0.286. The van der Waals surface area contributed by atoms with Gasteiger partial charge in [0.05, 0.1) is 17.4 Å². The minimum Gasteiger partial charge on any atom is -0.465 e. The molecule has 5 aromatic rings. The van der Waals surface area contributed by atoms with Crippen molar-refractivity contribution in [1.29, 1.82) is 0 Å². The van der Waals surface area contributed by atoms with E-state index in [0.29, 0.717) is 39.9 Å². The number of H-pyrrole nitrogens is 1. The lowest BCUT2D eigenvalue weighted by atomic mass is 10.0. The molecule has 2 aromatic carbocycles. The zero-order chi connectivity index (χ0) is 25.9. The molecule has 0 fully saturated rings. The lowest BCUT2D eigenvalue weighted by Crippen LogP contribution is -2.25. The van der Waals surface area contributed by atoms with Crippen molar-refractivity contribution in [2.75, 3.05) is 5.32 Å². The molecule has 3 aromatic heterocycles. The second-order valence-electron chi connectivity index (χ2n) is 8.18. The Morgan fingerprint density at radius 3 is 2.62 bits per heavy atom. The SMILES string of the molecule is CCC(c1nc(-c2ccc(NC(=O)O)cc2)c[nH]1)n1ccc(-c2cc(Cl)ccc2-n2cnnn2)cc1=O. The molecular formula is C25H21ClN8O3. The summed E-state index contributed by atoms with van der Waals surface area (Å²) in [7, 11) is 0. The van der Waals surface area contributed by atoms with Gasteiger partial charge in [-0.1, -0.05) is 30.7 Å². The first kappa shape index (κ1) is 23.9. The van der Waals surface area contributed by atoms with Gasteiger partial charge in [0.15, 0.2) is 0 Å². The Morgan fingerprint density at radius 2 is 1.95 bits per heavy atom. The van der Waals surface area contributed by atoms with Crippen LogP contribution in [0.15, 0.2) is 78.1 Å². The van der Waals surface area contributed by atoms with Gasteiger partial charge in [0.1, 0.15) is 12.2 Å². The summed E-state index contributed by atoms with van der Waals surface area (Å²) in [5, 5.41) is 23.0. The first-order chi connectivity index (χ1) is 17.9. The number of halogens is 1. The number of hydrogen-bond donors (Lipinski definition) is 3. The van der Waals surface area contributed by atoms with Gasteiger partial charge in [-0.25, -0.2) is 9.78 Å². The Hall–Kier alpha value is -4.77. The number of anilines is 1. The van der Waals surface area contributed by atoms with Crippen LogP contribution in [0.5, 0.6) is 0 Å². The van der Waals surface area contributed by atoms with Crippen molar-refractivity contribution in [2.24, 2.45) is 0 Å². The number of imidazole rings is 1. The van der Waals surface area contributed by atoms with E-state index in [1.165, 1.54) is 11.0 Å². The van der Waals surface area contributed by atoms with Crippen LogP contribution in [0, 0.1) is 0 Å². The van der Waals surface area contributed by atoms with Crippen molar-refractivity contribution in [3.05, 3.63) is 94.5 Å². The fourth-order valence-electron chi connectivity index (χ4n) is 4.15. The molecule has 37 heavy (non-hydrogen) atoms. The highest BCUT2D eigenvalue weighted by atomic mass is 35.5. The van der Waals surface area contributed by atoms with Crippen LogP contribution < -0.4 is 10.9 Å². The molecule has 0 saturated heterocycles. The van der Waals surface area contributed by atoms with Crippen molar-refractivity contribution in [1.82, 2.24) is 34.7 Å². The highest BCUT2D eigenvalue weighted by Crippen LogP contribution is 2.29. The Bertz CT molecular complexity index is 1610. The summed E-state index contributed by atoms with van der Waals surface area (Å²) in [6, 6.07) is 15.3. The molecule has 1 atom stereocenters. The van der Waals surface area contributed by atoms with Crippen molar-refractivity contribution >= 4 is 23.4 Å². The normalized spacial score (nSPS) is 11.8. The van der Waals surface area contributed by atoms with E-state index in [-0.39, 0.29) is 11.6 Å². The number of pyridine rings is 1. The zero-order valence-electron chi connectivity index (χ0n) is 19.5. The average molecular weight is 517 g/mol. The van der Waals surface area contributed by atoms with Gasteiger partial charge in [0.25, 0.3) is 5.56 Å². The molecule has 0 radical (unpaired) electrons. The van der Waals surface area contributed by atoms with Crippen LogP contribution in [0.3, 0.4) is 0 Å². The molecule has 11 nitrogen and oxygen atoms in total. The van der Waals surface area contributed by atoms with E-state index in [1.807, 2.05) is 13.0 Å². The van der Waals surface area contributed by atoms with Crippen molar-refractivity contribution in [2.45, 2.75) is 19.4 Å². The smallest absolute Gasteiger partial charge is 0.409 e. The summed E-state index contributed by atoms with van der Waals surface area (Å²) >= 11 is 6.25. The van der Waals surface area contributed by atoms with Crippen molar-refractivity contribution in [3.8, 4) is 28.1 Å². The van der Waals surface area contributed by atoms with Crippen LogP contribution >= 0.6 is 11.6 Å². The summed E-state index contributed by atoms with van der Waals surface area (Å²) in [4.78, 5) is 32.0. The van der Waals surface area contributed by atoms with E-state index in [2.05, 4.69) is 25.8 Å². The monoisotopic (exact) mass is 516 g/mol. The third-order valence-corrected chi connectivity index (χ3v) is 6.12. The number of nitrogens with zero attached hydrogens (tertiary/aromatic N) is 6. The second kappa shape index (κ2) is 10.1. The number of rotatable bonds is 7. The molecule has 0 saturated carbocycles. The maximum absolute atomic E-state index is 13.3. The topological polar surface area (TPSA) is 144 Å². The third kappa shape index (κ3) is 4.98. The number of aromatic nitrogens is 7. The van der Waals surface area contributed by atoms with Crippen LogP contribution in [-0.2, 0) is 0 Å². The molecule has 5 rings (SSSR count). The minimum absolute atomic E-state index is 0.200. The van der Waals surface area contributed by atoms with E-state index in [9.17, 15) is 9.59 Å². The lowest BCUT2D eigenvalue weighted by Gasteiger charge is -2.17. The first-order valence-electron chi connectivity index (χ1n) is 11.3. The summed E-state index contributed by atoms with van der Waals surface area (Å²) < 4.78 is 3.15. The number of benzene rings is 2. The number of nitrogens with one attached hydrogen (secondary N) is 2. The molecule has 3 heterocycles. The predicted octanol–water partition coefficient (Wildman–Crippen LogP) is 4.62. The maximum Gasteiger partial charge on any atom is 0.409 e. The maximum atomic E-state index is 13.3. The summed E-state index contributed by atoms with van der Waals surface area (Å²) in [6.07, 6.45) is 4.48. The molecule has 0 bridgehead atoms. The van der Waals surface area contributed by atoms with Gasteiger partial charge in [-0.2, -0.15) is 4.68 Å². The first-order valence-corrected chi connectivity index (χ1v) is 11.7. The molecule has 0 aliphatic heterocycles. The lowest BCUT2D eigenvalue weighted by molar-refractivity contribution is 0.209.